The first-order chi connectivity index (χ1) is 34.2. The number of hydrogen-bond acceptors (Lipinski definition) is 10. The molecule has 0 bridgehead atoms. The van der Waals surface area contributed by atoms with E-state index in [1.807, 2.05) is 0 Å². The second-order valence-electron chi connectivity index (χ2n) is 19.1. The van der Waals surface area contributed by atoms with E-state index in [1.165, 1.54) is 96.3 Å². The van der Waals surface area contributed by atoms with Crippen molar-refractivity contribution in [2.45, 2.75) is 277 Å². The fraction of sp³-hybridized carbons (Fsp3) is 0.810. The molecule has 0 aromatic heterocycles. The molecule has 0 spiro atoms. The van der Waals surface area contributed by atoms with E-state index >= 15 is 0 Å². The van der Waals surface area contributed by atoms with Crippen molar-refractivity contribution < 1.29 is 52.2 Å². The summed E-state index contributed by atoms with van der Waals surface area (Å²) in [4.78, 5) is 48.5. The van der Waals surface area contributed by atoms with Crippen LogP contribution in [-0.2, 0) is 42.2 Å². The molecule has 11 nitrogen and oxygen atoms in total. The number of aliphatic hydroxyl groups is 1. The number of carbonyl (C=O) groups excluding carboxylic acids is 3. The number of ether oxygens (including phenoxy) is 3. The quantitative estimate of drug-likeness (QED) is 0.0197. The van der Waals surface area contributed by atoms with Gasteiger partial charge >= 0.3 is 25.7 Å². The van der Waals surface area contributed by atoms with Gasteiger partial charge < -0.3 is 24.2 Å². The first-order valence-corrected chi connectivity index (χ1v) is 30.0. The maximum absolute atomic E-state index is 12.9. The Kier molecular flexibility index (Phi) is 50.8. The summed E-state index contributed by atoms with van der Waals surface area (Å²) < 4.78 is 39.5. The van der Waals surface area contributed by atoms with Gasteiger partial charge in [-0.05, 0) is 77.0 Å². The van der Waals surface area contributed by atoms with Gasteiger partial charge in [-0.3, -0.25) is 23.4 Å². The number of aliphatic hydroxyl groups excluding tert-OH is 1. The zero-order chi connectivity index (χ0) is 51.3. The molecule has 0 aromatic rings. The summed E-state index contributed by atoms with van der Waals surface area (Å²) in [6, 6.07) is 0. The molecule has 0 aliphatic rings. The fourth-order valence-corrected chi connectivity index (χ4v) is 8.68. The molecule has 0 amide bonds. The summed E-state index contributed by atoms with van der Waals surface area (Å²) in [6.45, 7) is 4.51. The molecular formula is C58H105O11P. The van der Waals surface area contributed by atoms with Gasteiger partial charge in [0, 0.05) is 19.3 Å². The molecule has 0 rings (SSSR count). The summed E-state index contributed by atoms with van der Waals surface area (Å²) in [7, 11) is -4.75. The van der Waals surface area contributed by atoms with Gasteiger partial charge in [-0.15, -0.1) is 0 Å². The number of carbonyl (C=O) groups is 3. The van der Waals surface area contributed by atoms with Gasteiger partial charge in [0.1, 0.15) is 12.7 Å². The summed E-state index contributed by atoms with van der Waals surface area (Å²) in [5.41, 5.74) is 0. The summed E-state index contributed by atoms with van der Waals surface area (Å²) in [6.07, 6.45) is 54.9. The minimum atomic E-state index is -4.75. The first kappa shape index (κ1) is 67.4. The Labute approximate surface area is 428 Å². The number of phosphoric acid groups is 1. The van der Waals surface area contributed by atoms with E-state index in [0.717, 1.165) is 109 Å². The molecule has 2 N–H and O–H groups in total. The van der Waals surface area contributed by atoms with Gasteiger partial charge in [0.05, 0.1) is 19.8 Å². The number of unbranched alkanes of at least 4 members (excludes halogenated alkanes) is 28. The second kappa shape index (κ2) is 52.8. The van der Waals surface area contributed by atoms with Crippen molar-refractivity contribution in [3.05, 3.63) is 48.6 Å². The van der Waals surface area contributed by atoms with Gasteiger partial charge in [0.15, 0.2) is 6.10 Å². The normalized spacial score (nSPS) is 13.7. The Hall–Kier alpha value is -2.56. The van der Waals surface area contributed by atoms with Crippen molar-refractivity contribution in [2.24, 2.45) is 0 Å². The van der Waals surface area contributed by atoms with Crippen molar-refractivity contribution in [1.29, 1.82) is 0 Å². The molecule has 0 radical (unpaired) electrons. The molecule has 0 saturated heterocycles. The lowest BCUT2D eigenvalue weighted by Crippen LogP contribution is -2.30. The molecule has 0 aromatic carbocycles. The summed E-state index contributed by atoms with van der Waals surface area (Å²) in [5.74, 6) is -1.48. The number of allylic oxidation sites excluding steroid dienone is 8. The molecule has 0 saturated carbocycles. The van der Waals surface area contributed by atoms with Crippen LogP contribution in [0.4, 0.5) is 0 Å². The second-order valence-corrected chi connectivity index (χ2v) is 20.5. The predicted molar refractivity (Wildman–Crippen MR) is 289 cm³/mol. The maximum Gasteiger partial charge on any atom is 0.472 e. The molecule has 0 aliphatic carbocycles. The van der Waals surface area contributed by atoms with Crippen LogP contribution in [0, 0.1) is 0 Å². The molecule has 0 fully saturated rings. The average molecular weight is 1010 g/mol. The van der Waals surface area contributed by atoms with Crippen molar-refractivity contribution in [3.63, 3.8) is 0 Å². The van der Waals surface area contributed by atoms with Crippen LogP contribution in [0.2, 0.25) is 0 Å². The van der Waals surface area contributed by atoms with E-state index in [0.29, 0.717) is 19.3 Å². The summed E-state index contributed by atoms with van der Waals surface area (Å²) >= 11 is 0. The van der Waals surface area contributed by atoms with Crippen LogP contribution in [0.1, 0.15) is 265 Å². The van der Waals surface area contributed by atoms with E-state index in [4.69, 9.17) is 23.3 Å². The first-order valence-electron chi connectivity index (χ1n) is 28.5. The van der Waals surface area contributed by atoms with Crippen LogP contribution >= 0.6 is 7.82 Å². The van der Waals surface area contributed by atoms with E-state index in [9.17, 15) is 28.9 Å². The third-order valence-electron chi connectivity index (χ3n) is 12.2. The Balaban J connectivity index is 4.73. The van der Waals surface area contributed by atoms with Crippen LogP contribution in [0.5, 0.6) is 0 Å². The largest absolute Gasteiger partial charge is 0.472 e. The van der Waals surface area contributed by atoms with E-state index in [1.54, 1.807) is 0 Å². The van der Waals surface area contributed by atoms with Crippen LogP contribution in [-0.4, -0.2) is 66.5 Å². The van der Waals surface area contributed by atoms with Crippen LogP contribution in [0.25, 0.3) is 0 Å². The SMILES string of the molecule is CC/C=C\C/C=C\C/C=C\CCCCCCCC(=O)OCC(COP(=O)(O)OCC(CO)OC(=O)CCCCCCC/C=C\CCCCCC)OC(=O)CCCCCCCCCCCCCCCCC. The van der Waals surface area contributed by atoms with Gasteiger partial charge in [-0.2, -0.15) is 0 Å². The molecular weight excluding hydrogens is 904 g/mol. The Bertz CT molecular complexity index is 1360. The highest BCUT2D eigenvalue weighted by Gasteiger charge is 2.28. The molecule has 12 heteroatoms. The van der Waals surface area contributed by atoms with Crippen molar-refractivity contribution in [3.8, 4) is 0 Å². The highest BCUT2D eigenvalue weighted by molar-refractivity contribution is 7.47. The average Bonchev–Trinajstić information content (AvgIpc) is 3.35. The molecule has 70 heavy (non-hydrogen) atoms. The lowest BCUT2D eigenvalue weighted by Gasteiger charge is -2.21. The lowest BCUT2D eigenvalue weighted by molar-refractivity contribution is -0.161. The maximum atomic E-state index is 12.9. The fourth-order valence-electron chi connectivity index (χ4n) is 7.90. The van der Waals surface area contributed by atoms with Crippen molar-refractivity contribution in [1.82, 2.24) is 0 Å². The molecule has 408 valence electrons. The Morgan fingerprint density at radius 3 is 1.17 bits per heavy atom. The highest BCUT2D eigenvalue weighted by atomic mass is 31.2. The zero-order valence-electron chi connectivity index (χ0n) is 45.0. The van der Waals surface area contributed by atoms with Crippen LogP contribution in [0.3, 0.4) is 0 Å². The minimum Gasteiger partial charge on any atom is -0.462 e. The third-order valence-corrected chi connectivity index (χ3v) is 13.2. The van der Waals surface area contributed by atoms with Gasteiger partial charge in [-0.1, -0.05) is 217 Å². The van der Waals surface area contributed by atoms with Gasteiger partial charge in [0.2, 0.25) is 0 Å². The van der Waals surface area contributed by atoms with Gasteiger partial charge in [0.25, 0.3) is 0 Å². The molecule has 3 unspecified atom stereocenters. The number of phosphoric ester groups is 1. The van der Waals surface area contributed by atoms with Crippen LogP contribution < -0.4 is 0 Å². The number of rotatable bonds is 53. The zero-order valence-corrected chi connectivity index (χ0v) is 45.9. The number of esters is 3. The third kappa shape index (κ3) is 50.4. The van der Waals surface area contributed by atoms with E-state index in [-0.39, 0.29) is 25.9 Å². The van der Waals surface area contributed by atoms with E-state index < -0.39 is 57.8 Å². The number of hydrogen-bond donors (Lipinski definition) is 2. The lowest BCUT2D eigenvalue weighted by atomic mass is 10.0. The van der Waals surface area contributed by atoms with Gasteiger partial charge in [-0.25, -0.2) is 4.57 Å². The topological polar surface area (TPSA) is 155 Å². The van der Waals surface area contributed by atoms with Crippen LogP contribution in [0.15, 0.2) is 48.6 Å². The Morgan fingerprint density at radius 1 is 0.414 bits per heavy atom. The predicted octanol–water partition coefficient (Wildman–Crippen LogP) is 16.6. The molecule has 3 atom stereocenters. The standard InChI is InChI=1S/C58H105O11P/c1-4-7-10-13-16-19-22-25-27-30-32-35-38-41-44-47-56(60)65-51-55(69-58(62)49-46-43-40-37-34-31-28-26-23-20-17-14-11-8-5-2)53-67-70(63,64)66-52-54(50-59)68-57(61)48-45-42-39-36-33-29-24-21-18-15-12-9-6-3/h7,10,16,19,21,24-25,27,54-55,59H,4-6,8-9,11-15,17-18,20,22-23,26,28-53H2,1-3H3,(H,63,64)/b10-7-,19-16-,24-21-,27-25-. The van der Waals surface area contributed by atoms with Crippen molar-refractivity contribution in [2.75, 3.05) is 26.4 Å². The smallest absolute Gasteiger partial charge is 0.462 e. The molecule has 0 aliphatic heterocycles. The summed E-state index contributed by atoms with van der Waals surface area (Å²) in [5, 5.41) is 9.80. The molecule has 0 heterocycles. The Morgan fingerprint density at radius 2 is 0.743 bits per heavy atom. The monoisotopic (exact) mass is 1010 g/mol. The minimum absolute atomic E-state index is 0.167. The van der Waals surface area contributed by atoms with E-state index in [2.05, 4.69) is 69.4 Å². The van der Waals surface area contributed by atoms with Crippen molar-refractivity contribution >= 4 is 25.7 Å². The highest BCUT2D eigenvalue weighted by Crippen LogP contribution is 2.43.